The highest BCUT2D eigenvalue weighted by molar-refractivity contribution is 6.09. The van der Waals surface area contributed by atoms with Crippen LogP contribution in [0.4, 0.5) is 34.8 Å². The molecule has 1 aliphatic heterocycles. The standard InChI is InChI=1S/C21H22F4N4O2/c1-11-7-14(22)10-16(19(11)26-3)28(4)20(31)15-5-6-18(30)29(15)17-9-13(21(23,24)25)8-12(2)27-17/h7-10,15,26H,5-6H2,1-4H3. The first-order chi connectivity index (χ1) is 14.4. The number of halogens is 4. The van der Waals surface area contributed by atoms with Crippen LogP contribution in [0.2, 0.25) is 0 Å². The molecule has 1 N–H and O–H groups in total. The number of carbonyl (C=O) groups excluding carboxylic acids is 2. The van der Waals surface area contributed by atoms with E-state index in [0.717, 1.165) is 17.0 Å². The van der Waals surface area contributed by atoms with Crippen LogP contribution < -0.4 is 15.1 Å². The summed E-state index contributed by atoms with van der Waals surface area (Å²) in [5, 5.41) is 2.92. The largest absolute Gasteiger partial charge is 0.416 e. The number of nitrogens with zero attached hydrogens (tertiary/aromatic N) is 3. The topological polar surface area (TPSA) is 65.5 Å². The Morgan fingerprint density at radius 2 is 1.90 bits per heavy atom. The molecule has 1 saturated heterocycles. The van der Waals surface area contributed by atoms with Crippen LogP contribution >= 0.6 is 0 Å². The Kier molecular flexibility index (Phi) is 5.93. The summed E-state index contributed by atoms with van der Waals surface area (Å²) in [7, 11) is 3.06. The molecule has 3 rings (SSSR count). The number of rotatable bonds is 4. The van der Waals surface area contributed by atoms with Crippen molar-refractivity contribution in [2.75, 3.05) is 29.2 Å². The Hall–Kier alpha value is -3.17. The van der Waals surface area contributed by atoms with Gasteiger partial charge in [0.25, 0.3) is 0 Å². The van der Waals surface area contributed by atoms with Crippen molar-refractivity contribution < 1.29 is 27.2 Å². The van der Waals surface area contributed by atoms with Crippen LogP contribution in [0, 0.1) is 19.7 Å². The van der Waals surface area contributed by atoms with Crippen LogP contribution in [0.25, 0.3) is 0 Å². The molecule has 0 bridgehead atoms. The average molecular weight is 438 g/mol. The minimum absolute atomic E-state index is 0.0116. The van der Waals surface area contributed by atoms with Gasteiger partial charge in [0.15, 0.2) is 0 Å². The third-order valence-electron chi connectivity index (χ3n) is 5.23. The third kappa shape index (κ3) is 4.33. The molecule has 6 nitrogen and oxygen atoms in total. The number of aromatic nitrogens is 1. The number of pyridine rings is 1. The van der Waals surface area contributed by atoms with E-state index in [1.807, 2.05) is 0 Å². The lowest BCUT2D eigenvalue weighted by Gasteiger charge is -2.29. The molecule has 31 heavy (non-hydrogen) atoms. The maximum atomic E-state index is 14.0. The first kappa shape index (κ1) is 22.5. The summed E-state index contributed by atoms with van der Waals surface area (Å²) in [5.74, 6) is -1.82. The highest BCUT2D eigenvalue weighted by Gasteiger charge is 2.41. The summed E-state index contributed by atoms with van der Waals surface area (Å²) < 4.78 is 53.7. The number of nitrogens with one attached hydrogen (secondary N) is 1. The lowest BCUT2D eigenvalue weighted by molar-refractivity contribution is -0.137. The van der Waals surface area contributed by atoms with Crippen LogP contribution in [0.3, 0.4) is 0 Å². The van der Waals surface area contributed by atoms with E-state index in [1.165, 1.54) is 31.0 Å². The summed E-state index contributed by atoms with van der Waals surface area (Å²) in [5.41, 5.74) is 0.486. The van der Waals surface area contributed by atoms with Crippen molar-refractivity contribution in [1.82, 2.24) is 4.98 Å². The molecule has 1 atom stereocenters. The Morgan fingerprint density at radius 3 is 2.52 bits per heavy atom. The molecule has 1 fully saturated rings. The van der Waals surface area contributed by atoms with Crippen molar-refractivity contribution in [3.05, 3.63) is 46.9 Å². The smallest absolute Gasteiger partial charge is 0.386 e. The third-order valence-corrected chi connectivity index (χ3v) is 5.23. The van der Waals surface area contributed by atoms with Crippen molar-refractivity contribution >= 4 is 29.0 Å². The van der Waals surface area contributed by atoms with E-state index in [9.17, 15) is 27.2 Å². The molecule has 2 heterocycles. The molecule has 10 heteroatoms. The second-order valence-electron chi connectivity index (χ2n) is 7.44. The molecular formula is C21H22F4N4O2. The van der Waals surface area contributed by atoms with Crippen molar-refractivity contribution in [3.63, 3.8) is 0 Å². The lowest BCUT2D eigenvalue weighted by Crippen LogP contribution is -2.46. The molecule has 0 spiro atoms. The summed E-state index contributed by atoms with van der Waals surface area (Å²) in [6, 6.07) is 3.09. The fourth-order valence-corrected chi connectivity index (χ4v) is 3.80. The molecule has 1 aliphatic rings. The van der Waals surface area contributed by atoms with E-state index >= 15 is 0 Å². The summed E-state index contributed by atoms with van der Waals surface area (Å²) in [4.78, 5) is 32.1. The van der Waals surface area contributed by atoms with Crippen LogP contribution in [0.1, 0.15) is 29.7 Å². The zero-order valence-electron chi connectivity index (χ0n) is 17.5. The Labute approximate surface area is 176 Å². The van der Waals surface area contributed by atoms with Gasteiger partial charge in [-0.2, -0.15) is 13.2 Å². The van der Waals surface area contributed by atoms with Gasteiger partial charge in [-0.05, 0) is 50.1 Å². The van der Waals surface area contributed by atoms with E-state index < -0.39 is 35.4 Å². The number of benzene rings is 1. The second-order valence-corrected chi connectivity index (χ2v) is 7.44. The second kappa shape index (κ2) is 8.16. The minimum atomic E-state index is -4.62. The average Bonchev–Trinajstić information content (AvgIpc) is 3.06. The Morgan fingerprint density at radius 1 is 1.23 bits per heavy atom. The van der Waals surface area contributed by atoms with Crippen LogP contribution in [-0.2, 0) is 15.8 Å². The number of hydrogen-bond acceptors (Lipinski definition) is 4. The van der Waals surface area contributed by atoms with E-state index in [1.54, 1.807) is 14.0 Å². The van der Waals surface area contributed by atoms with Crippen LogP contribution in [0.5, 0.6) is 0 Å². The number of anilines is 3. The van der Waals surface area contributed by atoms with E-state index in [4.69, 9.17) is 0 Å². The van der Waals surface area contributed by atoms with Gasteiger partial charge in [-0.1, -0.05) is 0 Å². The van der Waals surface area contributed by atoms with Crippen molar-refractivity contribution in [2.24, 2.45) is 0 Å². The van der Waals surface area contributed by atoms with Crippen LogP contribution in [0.15, 0.2) is 24.3 Å². The van der Waals surface area contributed by atoms with E-state index in [2.05, 4.69) is 10.3 Å². The monoisotopic (exact) mass is 438 g/mol. The zero-order chi connectivity index (χ0) is 23.1. The number of aryl methyl sites for hydroxylation is 2. The lowest BCUT2D eigenvalue weighted by atomic mass is 10.1. The summed E-state index contributed by atoms with van der Waals surface area (Å²) in [6.45, 7) is 3.06. The van der Waals surface area contributed by atoms with Gasteiger partial charge in [0, 0.05) is 26.2 Å². The van der Waals surface area contributed by atoms with Gasteiger partial charge < -0.3 is 10.2 Å². The molecule has 1 unspecified atom stereocenters. The van der Waals surface area contributed by atoms with Crippen molar-refractivity contribution in [2.45, 2.75) is 38.9 Å². The van der Waals surface area contributed by atoms with Gasteiger partial charge in [0.1, 0.15) is 17.7 Å². The number of alkyl halides is 3. The highest BCUT2D eigenvalue weighted by Crippen LogP contribution is 2.36. The van der Waals surface area contributed by atoms with Crippen LogP contribution in [-0.4, -0.2) is 36.9 Å². The van der Waals surface area contributed by atoms with Gasteiger partial charge in [-0.3, -0.25) is 14.5 Å². The first-order valence-electron chi connectivity index (χ1n) is 9.57. The van der Waals surface area contributed by atoms with Gasteiger partial charge >= 0.3 is 6.18 Å². The van der Waals surface area contributed by atoms with Crippen molar-refractivity contribution in [3.8, 4) is 0 Å². The number of likely N-dealkylation sites (N-methyl/N-ethyl adjacent to an activating group) is 1. The van der Waals surface area contributed by atoms with E-state index in [0.29, 0.717) is 11.3 Å². The van der Waals surface area contributed by atoms with Gasteiger partial charge in [-0.25, -0.2) is 9.37 Å². The quantitative estimate of drug-likeness (QED) is 0.732. The summed E-state index contributed by atoms with van der Waals surface area (Å²) in [6.07, 6.45) is -4.52. The zero-order valence-corrected chi connectivity index (χ0v) is 17.5. The molecule has 2 amide bonds. The molecule has 0 saturated carbocycles. The summed E-state index contributed by atoms with van der Waals surface area (Å²) >= 11 is 0. The fourth-order valence-electron chi connectivity index (χ4n) is 3.80. The minimum Gasteiger partial charge on any atom is -0.386 e. The predicted molar refractivity (Wildman–Crippen MR) is 109 cm³/mol. The fraction of sp³-hybridized carbons (Fsp3) is 0.381. The molecule has 166 valence electrons. The molecular weight excluding hydrogens is 416 g/mol. The predicted octanol–water partition coefficient (Wildman–Crippen LogP) is 4.06. The maximum absolute atomic E-state index is 14.0. The normalized spacial score (nSPS) is 16.6. The molecule has 2 aromatic rings. The number of hydrogen-bond donors (Lipinski definition) is 1. The maximum Gasteiger partial charge on any atom is 0.416 e. The van der Waals surface area contributed by atoms with Gasteiger partial charge in [-0.15, -0.1) is 0 Å². The first-order valence-corrected chi connectivity index (χ1v) is 9.57. The van der Waals surface area contributed by atoms with E-state index in [-0.39, 0.29) is 30.0 Å². The molecule has 1 aromatic heterocycles. The SMILES string of the molecule is CNc1c(C)cc(F)cc1N(C)C(=O)C1CCC(=O)N1c1cc(C(F)(F)F)cc(C)n1. The van der Waals surface area contributed by atoms with Gasteiger partial charge in [0.05, 0.1) is 16.9 Å². The van der Waals surface area contributed by atoms with Gasteiger partial charge in [0.2, 0.25) is 11.8 Å². The number of amides is 2. The highest BCUT2D eigenvalue weighted by atomic mass is 19.4. The molecule has 0 radical (unpaired) electrons. The Balaban J connectivity index is 2.01. The van der Waals surface area contributed by atoms with Crippen molar-refractivity contribution in [1.29, 1.82) is 0 Å². The Bertz CT molecular complexity index is 1040. The molecule has 1 aromatic carbocycles. The number of carbonyl (C=O) groups is 2. The molecule has 0 aliphatic carbocycles.